The molecule has 8 atom stereocenters. The van der Waals surface area contributed by atoms with Crippen LogP contribution < -0.4 is 0 Å². The molecule has 5 rings (SSSR count). The number of allylic oxidation sites excluding steroid dienone is 2. The van der Waals surface area contributed by atoms with Crippen molar-refractivity contribution >= 4 is 11.8 Å². The summed E-state index contributed by atoms with van der Waals surface area (Å²) in [6.45, 7) is 14.0. The molecular formula is C30H46O4. The van der Waals surface area contributed by atoms with Gasteiger partial charge in [0.1, 0.15) is 5.78 Å². The topological polar surface area (TPSA) is 74.6 Å². The van der Waals surface area contributed by atoms with Gasteiger partial charge in [0.2, 0.25) is 0 Å². The molecule has 2 N–H and O–H groups in total. The molecule has 0 heterocycles. The van der Waals surface area contributed by atoms with Gasteiger partial charge < -0.3 is 10.2 Å². The Kier molecular flexibility index (Phi) is 5.20. The van der Waals surface area contributed by atoms with Crippen LogP contribution >= 0.6 is 0 Å². The van der Waals surface area contributed by atoms with E-state index in [0.717, 1.165) is 57.8 Å². The quantitative estimate of drug-likeness (QED) is 0.457. The third-order valence-corrected chi connectivity index (χ3v) is 13.0. The highest BCUT2D eigenvalue weighted by Crippen LogP contribution is 2.75. The number of Topliss-reactive ketones (excluding diaryl/α,β-unsaturated/α-hetero) is 1. The van der Waals surface area contributed by atoms with Gasteiger partial charge in [-0.2, -0.15) is 0 Å². The molecule has 0 saturated heterocycles. The number of carboxylic acid groups (broad SMARTS) is 1. The van der Waals surface area contributed by atoms with Gasteiger partial charge in [-0.1, -0.05) is 53.2 Å². The van der Waals surface area contributed by atoms with Crippen LogP contribution in [0.3, 0.4) is 0 Å². The Bertz CT molecular complexity index is 949. The molecule has 5 aliphatic carbocycles. The molecule has 0 amide bonds. The lowest BCUT2D eigenvalue weighted by Crippen LogP contribution is -2.65. The van der Waals surface area contributed by atoms with E-state index in [1.54, 1.807) is 0 Å². The van der Waals surface area contributed by atoms with Gasteiger partial charge in [0, 0.05) is 6.42 Å². The smallest absolute Gasteiger partial charge is 0.310 e. The summed E-state index contributed by atoms with van der Waals surface area (Å²) in [7, 11) is 0. The molecule has 4 saturated carbocycles. The lowest BCUT2D eigenvalue weighted by atomic mass is 9.33. The first-order chi connectivity index (χ1) is 15.7. The maximum Gasteiger partial charge on any atom is 0.310 e. The van der Waals surface area contributed by atoms with Crippen molar-refractivity contribution < 1.29 is 19.8 Å². The third-order valence-electron chi connectivity index (χ3n) is 13.0. The molecule has 0 spiro atoms. The van der Waals surface area contributed by atoms with Crippen molar-refractivity contribution in [1.82, 2.24) is 0 Å². The molecule has 4 heteroatoms. The van der Waals surface area contributed by atoms with Gasteiger partial charge in [0.15, 0.2) is 0 Å². The molecule has 34 heavy (non-hydrogen) atoms. The van der Waals surface area contributed by atoms with Gasteiger partial charge in [0.05, 0.1) is 17.4 Å². The fourth-order valence-electron chi connectivity index (χ4n) is 10.4. The Balaban J connectivity index is 1.60. The first-order valence-electron chi connectivity index (χ1n) is 13.8. The van der Waals surface area contributed by atoms with Crippen LogP contribution in [0.15, 0.2) is 11.6 Å². The number of aliphatic hydroxyl groups excluding tert-OH is 1. The van der Waals surface area contributed by atoms with E-state index in [4.69, 9.17) is 0 Å². The van der Waals surface area contributed by atoms with Crippen molar-refractivity contribution in [3.05, 3.63) is 11.6 Å². The summed E-state index contributed by atoms with van der Waals surface area (Å²) in [5.74, 6) is 0.473. The Hall–Kier alpha value is -1.16. The summed E-state index contributed by atoms with van der Waals surface area (Å²) in [6, 6.07) is 0. The van der Waals surface area contributed by atoms with Crippen LogP contribution in [0.4, 0.5) is 0 Å². The zero-order valence-corrected chi connectivity index (χ0v) is 22.3. The van der Waals surface area contributed by atoms with E-state index in [1.807, 2.05) is 6.92 Å². The summed E-state index contributed by atoms with van der Waals surface area (Å²) in [6.07, 6.45) is 11.5. The molecule has 0 aromatic carbocycles. The number of fused-ring (bicyclic) bond motifs is 7. The minimum atomic E-state index is -0.627. The van der Waals surface area contributed by atoms with Crippen molar-refractivity contribution in [3.63, 3.8) is 0 Å². The Morgan fingerprint density at radius 3 is 2.29 bits per heavy atom. The van der Waals surface area contributed by atoms with E-state index in [2.05, 4.69) is 40.7 Å². The van der Waals surface area contributed by atoms with Crippen molar-refractivity contribution in [2.75, 3.05) is 6.61 Å². The lowest BCUT2D eigenvalue weighted by molar-refractivity contribution is -0.194. The summed E-state index contributed by atoms with van der Waals surface area (Å²) in [5, 5.41) is 20.8. The largest absolute Gasteiger partial charge is 0.481 e. The van der Waals surface area contributed by atoms with Crippen molar-refractivity contribution in [2.45, 2.75) is 106 Å². The average Bonchev–Trinajstić information content (AvgIpc) is 2.76. The first kappa shape index (κ1) is 24.5. The summed E-state index contributed by atoms with van der Waals surface area (Å²) in [4.78, 5) is 25.7. The molecule has 190 valence electrons. The van der Waals surface area contributed by atoms with Crippen LogP contribution in [0.25, 0.3) is 0 Å². The second kappa shape index (κ2) is 7.20. The number of hydrogen-bond donors (Lipinski definition) is 2. The highest BCUT2D eigenvalue weighted by molar-refractivity contribution is 5.86. The molecule has 5 aliphatic rings. The van der Waals surface area contributed by atoms with Crippen molar-refractivity contribution in [1.29, 1.82) is 0 Å². The summed E-state index contributed by atoms with van der Waals surface area (Å²) in [5.41, 5.74) is 0.512. The minimum absolute atomic E-state index is 0.00198. The Morgan fingerprint density at radius 1 is 0.971 bits per heavy atom. The Labute approximate surface area is 206 Å². The number of carboxylic acids is 1. The molecule has 0 bridgehead atoms. The molecule has 0 aromatic rings. The predicted octanol–water partition coefficient (Wildman–Crippen LogP) is 6.41. The molecule has 4 nitrogen and oxygen atoms in total. The zero-order valence-electron chi connectivity index (χ0n) is 22.3. The monoisotopic (exact) mass is 470 g/mol. The van der Waals surface area contributed by atoms with E-state index in [0.29, 0.717) is 12.3 Å². The number of carbonyl (C=O) groups excluding carboxylic acids is 1. The molecule has 0 aromatic heterocycles. The first-order valence-corrected chi connectivity index (χ1v) is 13.8. The number of aliphatic carboxylic acids is 1. The third kappa shape index (κ3) is 2.81. The average molecular weight is 471 g/mol. The number of ketones is 1. The standard InChI is InChI=1S/C30H46O4/c1-25(2)13-15-30(24(33)34)16-14-28(5)19(20(30)17-25)7-8-22-26(3)11-10-23(32)27(4,18-31)21(26)9-12-29(22,28)6/h7,20-22,31H,8-18H2,1-6H3,(H,33,34)/t20-,21-,22-,26+,27+,28-,29-,30+/m1/s1. The van der Waals surface area contributed by atoms with E-state index in [9.17, 15) is 19.8 Å². The number of carbonyl (C=O) groups is 2. The molecule has 0 unspecified atom stereocenters. The predicted molar refractivity (Wildman–Crippen MR) is 133 cm³/mol. The van der Waals surface area contributed by atoms with Crippen LogP contribution in [0.5, 0.6) is 0 Å². The Morgan fingerprint density at radius 2 is 1.65 bits per heavy atom. The van der Waals surface area contributed by atoms with Crippen LogP contribution in [-0.2, 0) is 9.59 Å². The van der Waals surface area contributed by atoms with Gasteiger partial charge in [-0.3, -0.25) is 9.59 Å². The fraction of sp³-hybridized carbons (Fsp3) is 0.867. The molecule has 0 radical (unpaired) electrons. The van der Waals surface area contributed by atoms with Gasteiger partial charge in [0.25, 0.3) is 0 Å². The van der Waals surface area contributed by atoms with E-state index in [-0.39, 0.29) is 45.9 Å². The summed E-state index contributed by atoms with van der Waals surface area (Å²) < 4.78 is 0. The fourth-order valence-corrected chi connectivity index (χ4v) is 10.4. The minimum Gasteiger partial charge on any atom is -0.481 e. The van der Waals surface area contributed by atoms with Crippen LogP contribution in [0.1, 0.15) is 106 Å². The van der Waals surface area contributed by atoms with Crippen molar-refractivity contribution in [2.24, 2.45) is 50.2 Å². The molecule has 4 fully saturated rings. The summed E-state index contributed by atoms with van der Waals surface area (Å²) >= 11 is 0. The van der Waals surface area contributed by atoms with E-state index >= 15 is 0 Å². The van der Waals surface area contributed by atoms with Gasteiger partial charge in [-0.05, 0) is 97.2 Å². The van der Waals surface area contributed by atoms with E-state index < -0.39 is 16.8 Å². The lowest BCUT2D eigenvalue weighted by Gasteiger charge is -2.70. The number of rotatable bonds is 2. The number of hydrogen-bond acceptors (Lipinski definition) is 3. The second-order valence-corrected chi connectivity index (χ2v) is 14.7. The van der Waals surface area contributed by atoms with Crippen LogP contribution in [0.2, 0.25) is 0 Å². The number of aliphatic hydroxyl groups is 1. The maximum atomic E-state index is 13.0. The highest BCUT2D eigenvalue weighted by Gasteiger charge is 2.69. The zero-order chi connectivity index (χ0) is 24.9. The van der Waals surface area contributed by atoms with Gasteiger partial charge in [-0.15, -0.1) is 0 Å². The van der Waals surface area contributed by atoms with Crippen LogP contribution in [-0.4, -0.2) is 28.6 Å². The maximum absolute atomic E-state index is 13.0. The van der Waals surface area contributed by atoms with E-state index in [1.165, 1.54) is 5.57 Å². The van der Waals surface area contributed by atoms with Crippen molar-refractivity contribution in [3.8, 4) is 0 Å². The van der Waals surface area contributed by atoms with Gasteiger partial charge >= 0.3 is 5.97 Å². The molecule has 0 aliphatic heterocycles. The normalized spacial score (nSPS) is 51.9. The van der Waals surface area contributed by atoms with Crippen LogP contribution in [0, 0.1) is 50.2 Å². The molecular weight excluding hydrogens is 424 g/mol. The second-order valence-electron chi connectivity index (χ2n) is 14.7. The highest BCUT2D eigenvalue weighted by atomic mass is 16.4. The SMILES string of the molecule is CC1(C)CC[C@]2(C(=O)O)CC[C@]3(C)C(=CC[C@@H]4[C@@]5(C)CCC(=O)[C@@](C)(CO)[C@@H]5CC[C@]43C)[C@H]2C1. The van der Waals surface area contributed by atoms with Gasteiger partial charge in [-0.25, -0.2) is 0 Å².